The van der Waals surface area contributed by atoms with Crippen LogP contribution in [0, 0.1) is 17.0 Å². The monoisotopic (exact) mass is 235 g/mol. The summed E-state index contributed by atoms with van der Waals surface area (Å²) in [6, 6.07) is 5.44. The van der Waals surface area contributed by atoms with Crippen molar-refractivity contribution < 1.29 is 4.92 Å². The van der Waals surface area contributed by atoms with Crippen LogP contribution in [0.5, 0.6) is 0 Å². The Morgan fingerprint density at radius 2 is 2.18 bits per heavy atom. The molecular weight excluding hydrogens is 218 g/mol. The van der Waals surface area contributed by atoms with Crippen LogP contribution in [0.4, 0.5) is 11.4 Å². The van der Waals surface area contributed by atoms with Crippen LogP contribution in [-0.2, 0) is 0 Å². The molecule has 0 bridgehead atoms. The summed E-state index contributed by atoms with van der Waals surface area (Å²) in [5.41, 5.74) is 1.88. The van der Waals surface area contributed by atoms with Crippen LogP contribution in [0.25, 0.3) is 0 Å². The highest BCUT2D eigenvalue weighted by molar-refractivity contribution is 5.64. The predicted molar refractivity (Wildman–Crippen MR) is 67.5 cm³/mol. The molecule has 92 valence electrons. The lowest BCUT2D eigenvalue weighted by Crippen LogP contribution is -2.28. The molecule has 0 radical (unpaired) electrons. The number of nitrogens with zero attached hydrogens (tertiary/aromatic N) is 2. The Hall–Kier alpha value is -1.62. The Kier molecular flexibility index (Phi) is 3.58. The highest BCUT2D eigenvalue weighted by atomic mass is 16.6. The van der Waals surface area contributed by atoms with Crippen molar-refractivity contribution in [1.29, 1.82) is 0 Å². The molecule has 1 fully saturated rings. The molecule has 5 nitrogen and oxygen atoms in total. The van der Waals surface area contributed by atoms with Crippen molar-refractivity contribution in [2.24, 2.45) is 0 Å². The van der Waals surface area contributed by atoms with Gasteiger partial charge in [0.15, 0.2) is 0 Å². The maximum Gasteiger partial charge on any atom is 0.292 e. The van der Waals surface area contributed by atoms with E-state index in [0.717, 1.165) is 43.9 Å². The third-order valence-corrected chi connectivity index (χ3v) is 3.01. The molecule has 0 unspecified atom stereocenters. The molecule has 1 aromatic rings. The van der Waals surface area contributed by atoms with E-state index in [1.165, 1.54) is 0 Å². The molecule has 0 aliphatic carbocycles. The summed E-state index contributed by atoms with van der Waals surface area (Å²) in [5, 5.41) is 14.4. The van der Waals surface area contributed by atoms with Gasteiger partial charge in [0.1, 0.15) is 5.69 Å². The van der Waals surface area contributed by atoms with Crippen molar-refractivity contribution in [1.82, 2.24) is 5.32 Å². The van der Waals surface area contributed by atoms with Crippen LogP contribution in [0.2, 0.25) is 0 Å². The van der Waals surface area contributed by atoms with Crippen molar-refractivity contribution in [2.45, 2.75) is 13.3 Å². The van der Waals surface area contributed by atoms with Crippen LogP contribution < -0.4 is 10.2 Å². The zero-order valence-corrected chi connectivity index (χ0v) is 9.98. The maximum atomic E-state index is 11.1. The highest BCUT2D eigenvalue weighted by Crippen LogP contribution is 2.29. The van der Waals surface area contributed by atoms with Gasteiger partial charge >= 0.3 is 0 Å². The first-order valence-corrected chi connectivity index (χ1v) is 5.89. The van der Waals surface area contributed by atoms with E-state index >= 15 is 0 Å². The normalized spacial score (nSPS) is 16.6. The molecule has 1 aromatic carbocycles. The molecule has 1 aliphatic rings. The summed E-state index contributed by atoms with van der Waals surface area (Å²) in [4.78, 5) is 12.9. The summed E-state index contributed by atoms with van der Waals surface area (Å²) >= 11 is 0. The summed E-state index contributed by atoms with van der Waals surface area (Å²) in [5.74, 6) is 0. The van der Waals surface area contributed by atoms with Gasteiger partial charge in [-0.25, -0.2) is 0 Å². The highest BCUT2D eigenvalue weighted by Gasteiger charge is 2.20. The van der Waals surface area contributed by atoms with Crippen LogP contribution in [0.1, 0.15) is 12.0 Å². The van der Waals surface area contributed by atoms with Crippen molar-refractivity contribution in [3.8, 4) is 0 Å². The number of rotatable bonds is 2. The molecule has 0 atom stereocenters. The lowest BCUT2D eigenvalue weighted by Gasteiger charge is -2.22. The minimum atomic E-state index is -0.291. The Morgan fingerprint density at radius 3 is 2.94 bits per heavy atom. The summed E-state index contributed by atoms with van der Waals surface area (Å²) in [6.45, 7) is 5.43. The van der Waals surface area contributed by atoms with Gasteiger partial charge in [0.05, 0.1) is 4.92 Å². The van der Waals surface area contributed by atoms with E-state index < -0.39 is 0 Å². The van der Waals surface area contributed by atoms with Crippen molar-refractivity contribution in [3.05, 3.63) is 33.9 Å². The SMILES string of the molecule is Cc1ccc(N2CCCNCC2)c([N+](=O)[O-])c1. The molecule has 0 aromatic heterocycles. The first-order valence-electron chi connectivity index (χ1n) is 5.89. The fourth-order valence-electron chi connectivity index (χ4n) is 2.13. The topological polar surface area (TPSA) is 58.4 Å². The van der Waals surface area contributed by atoms with E-state index in [4.69, 9.17) is 0 Å². The maximum absolute atomic E-state index is 11.1. The quantitative estimate of drug-likeness (QED) is 0.626. The van der Waals surface area contributed by atoms with E-state index in [2.05, 4.69) is 10.2 Å². The van der Waals surface area contributed by atoms with Crippen LogP contribution >= 0.6 is 0 Å². The predicted octanol–water partition coefficient (Wildman–Crippen LogP) is 1.70. The van der Waals surface area contributed by atoms with Gasteiger partial charge in [-0.15, -0.1) is 0 Å². The van der Waals surface area contributed by atoms with Gasteiger partial charge in [-0.2, -0.15) is 0 Å². The largest absolute Gasteiger partial charge is 0.365 e. The Balaban J connectivity index is 2.32. The first kappa shape index (κ1) is 11.9. The van der Waals surface area contributed by atoms with E-state index in [9.17, 15) is 10.1 Å². The number of nitro benzene ring substituents is 1. The molecule has 2 rings (SSSR count). The molecule has 5 heteroatoms. The molecule has 1 heterocycles. The van der Waals surface area contributed by atoms with Gasteiger partial charge in [0.2, 0.25) is 0 Å². The summed E-state index contributed by atoms with van der Waals surface area (Å²) in [7, 11) is 0. The van der Waals surface area contributed by atoms with Gasteiger partial charge in [0.25, 0.3) is 5.69 Å². The number of nitro groups is 1. The van der Waals surface area contributed by atoms with Gasteiger partial charge in [0, 0.05) is 25.7 Å². The number of anilines is 1. The lowest BCUT2D eigenvalue weighted by molar-refractivity contribution is -0.384. The molecule has 0 saturated carbocycles. The fourth-order valence-corrected chi connectivity index (χ4v) is 2.13. The molecule has 0 spiro atoms. The Labute approximate surface area is 101 Å². The Bertz CT molecular complexity index is 412. The molecule has 1 N–H and O–H groups in total. The molecule has 1 aliphatic heterocycles. The molecule has 0 amide bonds. The van der Waals surface area contributed by atoms with Gasteiger partial charge in [-0.3, -0.25) is 10.1 Å². The second-order valence-corrected chi connectivity index (χ2v) is 4.34. The van der Waals surface area contributed by atoms with Gasteiger partial charge in [-0.05, 0) is 31.5 Å². The Morgan fingerprint density at radius 1 is 1.35 bits per heavy atom. The minimum absolute atomic E-state index is 0.215. The zero-order chi connectivity index (χ0) is 12.3. The van der Waals surface area contributed by atoms with Gasteiger partial charge < -0.3 is 10.2 Å². The number of nitrogens with one attached hydrogen (secondary N) is 1. The molecule has 17 heavy (non-hydrogen) atoms. The third-order valence-electron chi connectivity index (χ3n) is 3.01. The standard InChI is InChI=1S/C12H17N3O2/c1-10-3-4-11(12(9-10)15(16)17)14-7-2-5-13-6-8-14/h3-4,9,13H,2,5-8H2,1H3. The number of hydrogen-bond acceptors (Lipinski definition) is 4. The van der Waals surface area contributed by atoms with Crippen molar-refractivity contribution in [3.63, 3.8) is 0 Å². The van der Waals surface area contributed by atoms with E-state index in [0.29, 0.717) is 0 Å². The van der Waals surface area contributed by atoms with Gasteiger partial charge in [-0.1, -0.05) is 6.07 Å². The first-order chi connectivity index (χ1) is 8.18. The minimum Gasteiger partial charge on any atom is -0.365 e. The average Bonchev–Trinajstić information content (AvgIpc) is 2.57. The second kappa shape index (κ2) is 5.14. The van der Waals surface area contributed by atoms with Crippen LogP contribution in [0.3, 0.4) is 0 Å². The van der Waals surface area contributed by atoms with E-state index in [1.807, 2.05) is 19.1 Å². The number of hydrogen-bond donors (Lipinski definition) is 1. The number of benzene rings is 1. The fraction of sp³-hybridized carbons (Fsp3) is 0.500. The average molecular weight is 235 g/mol. The van der Waals surface area contributed by atoms with Crippen molar-refractivity contribution in [2.75, 3.05) is 31.1 Å². The second-order valence-electron chi connectivity index (χ2n) is 4.34. The van der Waals surface area contributed by atoms with E-state index in [1.54, 1.807) is 6.07 Å². The lowest BCUT2D eigenvalue weighted by atomic mass is 10.1. The van der Waals surface area contributed by atoms with E-state index in [-0.39, 0.29) is 10.6 Å². The number of aryl methyl sites for hydroxylation is 1. The smallest absolute Gasteiger partial charge is 0.292 e. The zero-order valence-electron chi connectivity index (χ0n) is 9.98. The summed E-state index contributed by atoms with van der Waals surface area (Å²) < 4.78 is 0. The van der Waals surface area contributed by atoms with Crippen LogP contribution in [0.15, 0.2) is 18.2 Å². The third kappa shape index (κ3) is 2.74. The van der Waals surface area contributed by atoms with Crippen LogP contribution in [-0.4, -0.2) is 31.1 Å². The van der Waals surface area contributed by atoms with Crippen molar-refractivity contribution >= 4 is 11.4 Å². The molecular formula is C12H17N3O2. The summed E-state index contributed by atoms with van der Waals surface area (Å²) in [6.07, 6.45) is 1.02. The molecule has 1 saturated heterocycles.